The van der Waals surface area contributed by atoms with Gasteiger partial charge in [0.05, 0.1) is 0 Å². The van der Waals surface area contributed by atoms with Crippen LogP contribution in [0.15, 0.2) is 0 Å². The number of rotatable bonds is 10. The second-order valence-electron chi connectivity index (χ2n) is 3.71. The van der Waals surface area contributed by atoms with Crippen molar-refractivity contribution in [1.82, 2.24) is 0 Å². The van der Waals surface area contributed by atoms with Crippen molar-refractivity contribution < 1.29 is 42.5 Å². The van der Waals surface area contributed by atoms with Crippen LogP contribution in [0, 0.1) is 0 Å². The Morgan fingerprint density at radius 3 is 1.81 bits per heavy atom. The number of hydrogen-bond acceptors (Lipinski definition) is 4. The molecule has 92 valence electrons. The van der Waals surface area contributed by atoms with Crippen molar-refractivity contribution in [2.75, 3.05) is 5.75 Å². The Morgan fingerprint density at radius 2 is 1.38 bits per heavy atom. The molecule has 0 radical (unpaired) electrons. The fourth-order valence-corrected chi connectivity index (χ4v) is 2.89. The first-order valence-corrected chi connectivity index (χ1v) is 8.57. The van der Waals surface area contributed by atoms with E-state index < -0.39 is 9.15 Å². The minimum atomic E-state index is -4.06. The van der Waals surface area contributed by atoms with Gasteiger partial charge in [0.2, 0.25) is 0 Å². The summed E-state index contributed by atoms with van der Waals surface area (Å²) in [4.78, 5) is 0. The number of unbranched alkanes of at least 4 members (excludes halogenated alkanes) is 7. The summed E-state index contributed by atoms with van der Waals surface area (Å²) in [6.45, 7) is 2.20. The molecular formula is C10H21NaO3S2. The van der Waals surface area contributed by atoms with Gasteiger partial charge in [-0.05, 0) is 17.2 Å². The molecule has 6 heteroatoms. The van der Waals surface area contributed by atoms with Crippen LogP contribution in [-0.4, -0.2) is 18.7 Å². The molecule has 0 atom stereocenters. The predicted octanol–water partition coefficient (Wildman–Crippen LogP) is 0.325. The van der Waals surface area contributed by atoms with Crippen LogP contribution in [0.25, 0.3) is 0 Å². The van der Waals surface area contributed by atoms with Gasteiger partial charge in [-0.2, -0.15) is 0 Å². The number of hydrogen-bond donors (Lipinski definition) is 0. The molecule has 0 heterocycles. The molecule has 0 spiro atoms. The average Bonchev–Trinajstić information content (AvgIpc) is 2.14. The second kappa shape index (κ2) is 12.7. The maximum Gasteiger partial charge on any atom is 1.00 e. The van der Waals surface area contributed by atoms with Gasteiger partial charge < -0.3 is 4.55 Å². The molecule has 16 heavy (non-hydrogen) atoms. The molecule has 0 bridgehead atoms. The zero-order valence-corrected chi connectivity index (χ0v) is 14.0. The van der Waals surface area contributed by atoms with Crippen molar-refractivity contribution in [3.05, 3.63) is 0 Å². The molecule has 0 aliphatic carbocycles. The van der Waals surface area contributed by atoms with Gasteiger partial charge in [-0.3, -0.25) is 0 Å². The minimum absolute atomic E-state index is 0. The summed E-state index contributed by atoms with van der Waals surface area (Å²) in [6, 6.07) is 0. The Kier molecular flexibility index (Phi) is 15.6. The molecule has 0 rings (SSSR count). The fraction of sp³-hybridized carbons (Fsp3) is 1.00. The van der Waals surface area contributed by atoms with Crippen molar-refractivity contribution in [3.8, 4) is 0 Å². The summed E-state index contributed by atoms with van der Waals surface area (Å²) in [5, 5.41) is 0. The van der Waals surface area contributed by atoms with Gasteiger partial charge in [0.25, 0.3) is 0 Å². The second-order valence-corrected chi connectivity index (χ2v) is 7.10. The van der Waals surface area contributed by atoms with Crippen LogP contribution in [0.3, 0.4) is 0 Å². The van der Waals surface area contributed by atoms with Gasteiger partial charge in [-0.25, -0.2) is 8.42 Å². The SMILES string of the molecule is CCCCCCCCCCSS(=O)(=O)[O-].[Na+]. The van der Waals surface area contributed by atoms with Gasteiger partial charge in [-0.15, -0.1) is 0 Å². The van der Waals surface area contributed by atoms with Gasteiger partial charge in [-0.1, -0.05) is 51.9 Å². The first-order valence-electron chi connectivity index (χ1n) is 5.66. The maximum absolute atomic E-state index is 10.2. The quantitative estimate of drug-likeness (QED) is 0.250. The van der Waals surface area contributed by atoms with Crippen LogP contribution in [0.2, 0.25) is 0 Å². The van der Waals surface area contributed by atoms with E-state index in [1.807, 2.05) is 0 Å². The first kappa shape index (κ1) is 19.6. The molecule has 0 saturated heterocycles. The molecular weight excluding hydrogens is 255 g/mol. The minimum Gasteiger partial charge on any atom is -0.739 e. The predicted molar refractivity (Wildman–Crippen MR) is 64.8 cm³/mol. The van der Waals surface area contributed by atoms with Gasteiger partial charge >= 0.3 is 29.6 Å². The van der Waals surface area contributed by atoms with E-state index >= 15 is 0 Å². The molecule has 0 aliphatic rings. The van der Waals surface area contributed by atoms with Crippen molar-refractivity contribution in [2.45, 2.75) is 58.3 Å². The third-order valence-corrected chi connectivity index (χ3v) is 4.34. The van der Waals surface area contributed by atoms with Crippen LogP contribution >= 0.6 is 10.8 Å². The van der Waals surface area contributed by atoms with Gasteiger partial charge in [0.1, 0.15) is 9.15 Å². The third-order valence-electron chi connectivity index (χ3n) is 2.23. The molecule has 0 aromatic rings. The summed E-state index contributed by atoms with van der Waals surface area (Å²) in [6.07, 6.45) is 9.41. The summed E-state index contributed by atoms with van der Waals surface area (Å²) in [5.74, 6) is 0.445. The van der Waals surface area contributed by atoms with E-state index in [1.54, 1.807) is 0 Å². The summed E-state index contributed by atoms with van der Waals surface area (Å²) in [5.41, 5.74) is 0. The average molecular weight is 276 g/mol. The maximum atomic E-state index is 10.2. The van der Waals surface area contributed by atoms with Crippen molar-refractivity contribution in [3.63, 3.8) is 0 Å². The molecule has 0 aromatic carbocycles. The topological polar surface area (TPSA) is 57.2 Å². The van der Waals surface area contributed by atoms with Crippen LogP contribution in [-0.2, 0) is 9.15 Å². The van der Waals surface area contributed by atoms with E-state index in [-0.39, 0.29) is 29.6 Å². The molecule has 0 N–H and O–H groups in total. The zero-order chi connectivity index (χ0) is 11.6. The normalized spacial score (nSPS) is 11.1. The van der Waals surface area contributed by atoms with Crippen molar-refractivity contribution in [1.29, 1.82) is 0 Å². The molecule has 0 aliphatic heterocycles. The Bertz CT molecular complexity index is 230. The Hall–Kier alpha value is 1.26. The van der Waals surface area contributed by atoms with E-state index in [9.17, 15) is 13.0 Å². The van der Waals surface area contributed by atoms with Crippen LogP contribution in [0.5, 0.6) is 0 Å². The fourth-order valence-electron chi connectivity index (χ4n) is 1.40. The summed E-state index contributed by atoms with van der Waals surface area (Å²) in [7, 11) is -3.54. The summed E-state index contributed by atoms with van der Waals surface area (Å²) < 4.78 is 30.7. The Morgan fingerprint density at radius 1 is 0.938 bits per heavy atom. The molecule has 0 unspecified atom stereocenters. The third kappa shape index (κ3) is 17.6. The van der Waals surface area contributed by atoms with E-state index in [2.05, 4.69) is 6.92 Å². The summed E-state index contributed by atoms with van der Waals surface area (Å²) >= 11 is 0. The Labute approximate surface area is 126 Å². The van der Waals surface area contributed by atoms with E-state index in [0.29, 0.717) is 16.5 Å². The standard InChI is InChI=1S/C10H22O3S2.Na/c1-2-3-4-5-6-7-8-9-10-14-15(11,12)13;/h2-10H2,1H3,(H,11,12,13);/q;+1/p-1. The van der Waals surface area contributed by atoms with Crippen LogP contribution < -0.4 is 29.6 Å². The van der Waals surface area contributed by atoms with E-state index in [4.69, 9.17) is 0 Å². The first-order chi connectivity index (χ1) is 7.06. The largest absolute Gasteiger partial charge is 1.00 e. The van der Waals surface area contributed by atoms with Gasteiger partial charge in [0.15, 0.2) is 0 Å². The van der Waals surface area contributed by atoms with Gasteiger partial charge in [0, 0.05) is 5.75 Å². The van der Waals surface area contributed by atoms with Crippen LogP contribution in [0.4, 0.5) is 0 Å². The molecule has 3 nitrogen and oxygen atoms in total. The molecule has 0 saturated carbocycles. The van der Waals surface area contributed by atoms with Crippen molar-refractivity contribution in [2.24, 2.45) is 0 Å². The molecule has 0 fully saturated rings. The van der Waals surface area contributed by atoms with Crippen LogP contribution in [0.1, 0.15) is 58.3 Å². The molecule has 0 amide bonds. The van der Waals surface area contributed by atoms with E-state index in [0.717, 1.165) is 19.3 Å². The van der Waals surface area contributed by atoms with E-state index in [1.165, 1.54) is 32.1 Å². The molecule has 0 aromatic heterocycles. The Balaban J connectivity index is 0. The zero-order valence-electron chi connectivity index (χ0n) is 10.4. The smallest absolute Gasteiger partial charge is 0.739 e. The van der Waals surface area contributed by atoms with Crippen molar-refractivity contribution >= 4 is 19.9 Å². The monoisotopic (exact) mass is 276 g/mol.